The number of rotatable bonds is 7. The van der Waals surface area contributed by atoms with E-state index in [1.165, 1.54) is 0 Å². The fourth-order valence-corrected chi connectivity index (χ4v) is 3.36. The minimum absolute atomic E-state index is 0.0695. The number of nitrogens with two attached hydrogens (primary N) is 2. The maximum absolute atomic E-state index is 12.5. The summed E-state index contributed by atoms with van der Waals surface area (Å²) in [4.78, 5) is 31.9. The zero-order valence-corrected chi connectivity index (χ0v) is 18.1. The lowest BCUT2D eigenvalue weighted by atomic mass is 10.1. The van der Waals surface area contributed by atoms with Gasteiger partial charge in [0, 0.05) is 23.5 Å². The number of aliphatic imine (C=N–C) groups is 1. The SMILES string of the molecule is NC(N)=Nc1ccc(C(=O)Oc2ccc3cc(C(=O)NCCc4ccc(O)cc4)[nH]c3c2)cc1. The number of carbonyl (C=O) groups is 2. The second kappa shape index (κ2) is 9.78. The third-order valence-electron chi connectivity index (χ3n) is 5.05. The number of guanidine groups is 1. The minimum atomic E-state index is -0.533. The number of aromatic nitrogens is 1. The van der Waals surface area contributed by atoms with Gasteiger partial charge in [0.25, 0.3) is 5.91 Å². The predicted molar refractivity (Wildman–Crippen MR) is 129 cm³/mol. The molecule has 0 saturated carbocycles. The molecule has 0 aliphatic heterocycles. The van der Waals surface area contributed by atoms with Crippen LogP contribution in [0.5, 0.6) is 11.5 Å². The van der Waals surface area contributed by atoms with Crippen molar-refractivity contribution in [2.75, 3.05) is 6.54 Å². The number of esters is 1. The Morgan fingerprint density at radius 2 is 1.71 bits per heavy atom. The van der Waals surface area contributed by atoms with Crippen molar-refractivity contribution in [3.63, 3.8) is 0 Å². The quantitative estimate of drug-likeness (QED) is 0.124. The summed E-state index contributed by atoms with van der Waals surface area (Å²) in [6.07, 6.45) is 0.638. The molecule has 0 radical (unpaired) electrons. The number of nitrogens with zero attached hydrogens (tertiary/aromatic N) is 1. The van der Waals surface area contributed by atoms with Crippen LogP contribution in [0, 0.1) is 0 Å². The van der Waals surface area contributed by atoms with Crippen LogP contribution in [0.25, 0.3) is 10.9 Å². The van der Waals surface area contributed by atoms with Gasteiger partial charge >= 0.3 is 5.97 Å². The highest BCUT2D eigenvalue weighted by Crippen LogP contribution is 2.23. The van der Waals surface area contributed by atoms with Crippen LogP contribution >= 0.6 is 0 Å². The number of benzene rings is 3. The third-order valence-corrected chi connectivity index (χ3v) is 5.05. The highest BCUT2D eigenvalue weighted by molar-refractivity contribution is 5.98. The molecule has 4 aromatic rings. The van der Waals surface area contributed by atoms with E-state index in [9.17, 15) is 14.7 Å². The summed E-state index contributed by atoms with van der Waals surface area (Å²) in [7, 11) is 0. The number of fused-ring (bicyclic) bond motifs is 1. The minimum Gasteiger partial charge on any atom is -0.508 e. The van der Waals surface area contributed by atoms with Gasteiger partial charge in [-0.25, -0.2) is 9.79 Å². The molecule has 0 spiro atoms. The lowest BCUT2D eigenvalue weighted by Gasteiger charge is -2.05. The Morgan fingerprint density at radius 1 is 0.971 bits per heavy atom. The first-order chi connectivity index (χ1) is 16.4. The van der Waals surface area contributed by atoms with Crippen molar-refractivity contribution >= 4 is 34.4 Å². The Kier molecular flexibility index (Phi) is 6.45. The number of nitrogens with one attached hydrogen (secondary N) is 2. The molecule has 3 aromatic carbocycles. The molecule has 34 heavy (non-hydrogen) atoms. The van der Waals surface area contributed by atoms with Crippen molar-refractivity contribution in [2.24, 2.45) is 16.5 Å². The first-order valence-electron chi connectivity index (χ1n) is 10.5. The van der Waals surface area contributed by atoms with Gasteiger partial charge < -0.3 is 31.6 Å². The molecule has 0 aliphatic carbocycles. The van der Waals surface area contributed by atoms with Gasteiger partial charge in [-0.2, -0.15) is 0 Å². The fraction of sp³-hybridized carbons (Fsp3) is 0.0800. The predicted octanol–water partition coefficient (Wildman–Crippen LogP) is 2.97. The Balaban J connectivity index is 1.38. The normalized spacial score (nSPS) is 10.6. The number of H-pyrrole nitrogens is 1. The van der Waals surface area contributed by atoms with E-state index >= 15 is 0 Å². The highest BCUT2D eigenvalue weighted by Gasteiger charge is 2.12. The fourth-order valence-electron chi connectivity index (χ4n) is 3.36. The van der Waals surface area contributed by atoms with Gasteiger partial charge in [-0.15, -0.1) is 0 Å². The number of carbonyl (C=O) groups excluding carboxylic acids is 2. The Labute approximate surface area is 195 Å². The largest absolute Gasteiger partial charge is 0.508 e. The Morgan fingerprint density at radius 3 is 2.41 bits per heavy atom. The Bertz CT molecular complexity index is 1350. The second-order valence-corrected chi connectivity index (χ2v) is 7.58. The first-order valence-corrected chi connectivity index (χ1v) is 10.5. The van der Waals surface area contributed by atoms with Crippen molar-refractivity contribution < 1.29 is 19.4 Å². The second-order valence-electron chi connectivity index (χ2n) is 7.58. The molecule has 0 atom stereocenters. The average molecular weight is 457 g/mol. The van der Waals surface area contributed by atoms with E-state index < -0.39 is 5.97 Å². The zero-order valence-electron chi connectivity index (χ0n) is 18.1. The van der Waals surface area contributed by atoms with Crippen LogP contribution < -0.4 is 21.5 Å². The maximum Gasteiger partial charge on any atom is 0.343 e. The van der Waals surface area contributed by atoms with E-state index in [0.29, 0.717) is 41.2 Å². The summed E-state index contributed by atoms with van der Waals surface area (Å²) in [6, 6.07) is 20.0. The monoisotopic (exact) mass is 457 g/mol. The number of amides is 1. The number of ether oxygens (including phenoxy) is 1. The molecule has 7 N–H and O–H groups in total. The zero-order chi connectivity index (χ0) is 24.1. The van der Waals surface area contributed by atoms with Crippen LogP contribution in [-0.4, -0.2) is 34.5 Å². The van der Waals surface area contributed by atoms with Crippen molar-refractivity contribution in [2.45, 2.75) is 6.42 Å². The van der Waals surface area contributed by atoms with Crippen LogP contribution in [-0.2, 0) is 6.42 Å². The highest BCUT2D eigenvalue weighted by atomic mass is 16.5. The standard InChI is InChI=1S/C25H23N5O4/c26-25(27)29-18-6-3-16(4-7-18)24(33)34-20-10-5-17-13-22(30-21(17)14-20)23(32)28-12-11-15-1-8-19(31)9-2-15/h1-10,13-14,30-31H,11-12H2,(H,28,32)(H4,26,27,29). The van der Waals surface area contributed by atoms with Crippen LogP contribution in [0.3, 0.4) is 0 Å². The van der Waals surface area contributed by atoms with Gasteiger partial charge in [0.05, 0.1) is 11.3 Å². The van der Waals surface area contributed by atoms with E-state index in [4.69, 9.17) is 16.2 Å². The van der Waals surface area contributed by atoms with Crippen molar-refractivity contribution in [1.82, 2.24) is 10.3 Å². The number of phenols is 1. The summed E-state index contributed by atoms with van der Waals surface area (Å²) < 4.78 is 5.46. The lowest BCUT2D eigenvalue weighted by Crippen LogP contribution is -2.25. The maximum atomic E-state index is 12.5. The molecule has 1 heterocycles. The molecule has 9 nitrogen and oxygen atoms in total. The van der Waals surface area contributed by atoms with Gasteiger partial charge in [0.15, 0.2) is 5.96 Å². The lowest BCUT2D eigenvalue weighted by molar-refractivity contribution is 0.0734. The summed E-state index contributed by atoms with van der Waals surface area (Å²) in [5.74, 6) is -0.299. The van der Waals surface area contributed by atoms with Gasteiger partial charge in [-0.05, 0) is 66.6 Å². The molecule has 0 unspecified atom stereocenters. The van der Waals surface area contributed by atoms with E-state index in [0.717, 1.165) is 10.9 Å². The number of aromatic amines is 1. The van der Waals surface area contributed by atoms with E-state index in [1.54, 1.807) is 60.7 Å². The van der Waals surface area contributed by atoms with Crippen molar-refractivity contribution in [3.8, 4) is 11.5 Å². The van der Waals surface area contributed by atoms with Gasteiger partial charge in [0.2, 0.25) is 0 Å². The number of phenolic OH excluding ortho intramolecular Hbond substituents is 1. The number of hydrogen-bond donors (Lipinski definition) is 5. The van der Waals surface area contributed by atoms with E-state index in [-0.39, 0.29) is 17.6 Å². The number of aromatic hydroxyl groups is 1. The first kappa shape index (κ1) is 22.4. The smallest absolute Gasteiger partial charge is 0.343 e. The molecule has 1 aromatic heterocycles. The molecule has 1 amide bonds. The van der Waals surface area contributed by atoms with Crippen molar-refractivity contribution in [3.05, 3.63) is 89.6 Å². The molecular weight excluding hydrogens is 434 g/mol. The van der Waals surface area contributed by atoms with E-state index in [2.05, 4.69) is 15.3 Å². The van der Waals surface area contributed by atoms with Crippen LogP contribution in [0.2, 0.25) is 0 Å². The van der Waals surface area contributed by atoms with Gasteiger partial charge in [-0.3, -0.25) is 4.79 Å². The summed E-state index contributed by atoms with van der Waals surface area (Å²) in [5.41, 5.74) is 13.6. The molecule has 172 valence electrons. The summed E-state index contributed by atoms with van der Waals surface area (Å²) >= 11 is 0. The molecule has 0 aliphatic rings. The molecule has 0 fully saturated rings. The molecular formula is C25H23N5O4. The van der Waals surface area contributed by atoms with Gasteiger partial charge in [-0.1, -0.05) is 12.1 Å². The molecule has 0 saturated heterocycles. The molecule has 4 rings (SSSR count). The number of hydrogen-bond acceptors (Lipinski definition) is 5. The van der Waals surface area contributed by atoms with Crippen LogP contribution in [0.1, 0.15) is 26.4 Å². The van der Waals surface area contributed by atoms with Crippen LogP contribution in [0.4, 0.5) is 5.69 Å². The summed E-state index contributed by atoms with van der Waals surface area (Å²) in [6.45, 7) is 0.448. The third kappa shape index (κ3) is 5.52. The van der Waals surface area contributed by atoms with E-state index in [1.807, 2.05) is 12.1 Å². The average Bonchev–Trinajstić information content (AvgIpc) is 3.24. The molecule has 9 heteroatoms. The van der Waals surface area contributed by atoms with Gasteiger partial charge in [0.1, 0.15) is 17.2 Å². The summed E-state index contributed by atoms with van der Waals surface area (Å²) in [5, 5.41) is 13.0. The van der Waals surface area contributed by atoms with Crippen LogP contribution in [0.15, 0.2) is 77.8 Å². The molecule has 0 bridgehead atoms. The topological polar surface area (TPSA) is 156 Å². The Hall–Kier alpha value is -4.79. The van der Waals surface area contributed by atoms with Crippen molar-refractivity contribution in [1.29, 1.82) is 0 Å².